The van der Waals surface area contributed by atoms with Crippen LogP contribution in [0.3, 0.4) is 0 Å². The Hall–Kier alpha value is -1.71. The predicted molar refractivity (Wildman–Crippen MR) is 55.9 cm³/mol. The third-order valence-corrected chi connectivity index (χ3v) is 2.30. The Labute approximate surface area is 87.4 Å². The topological polar surface area (TPSA) is 41.6 Å². The van der Waals surface area contributed by atoms with Crippen LogP contribution in [0.2, 0.25) is 0 Å². The highest BCUT2D eigenvalue weighted by molar-refractivity contribution is 5.55. The minimum Gasteiger partial charge on any atom is -0.265 e. The third-order valence-electron chi connectivity index (χ3n) is 2.30. The van der Waals surface area contributed by atoms with Crippen LogP contribution in [0.25, 0.3) is 11.4 Å². The molecule has 0 saturated carbocycles. The van der Waals surface area contributed by atoms with Gasteiger partial charge in [0.1, 0.15) is 12.1 Å². The first-order valence-electron chi connectivity index (χ1n) is 4.84. The van der Waals surface area contributed by atoms with E-state index >= 15 is 0 Å². The molecule has 0 saturated heterocycles. The Morgan fingerprint density at radius 1 is 1.33 bits per heavy atom. The molecule has 0 atom stereocenters. The first kappa shape index (κ1) is 9.83. The summed E-state index contributed by atoms with van der Waals surface area (Å²) in [6.07, 6.45) is 1.48. The largest absolute Gasteiger partial charge is 0.265 e. The number of halogens is 1. The highest BCUT2D eigenvalue weighted by Crippen LogP contribution is 2.23. The molecule has 0 amide bonds. The number of aromatic amines is 1. The molecule has 2 aromatic rings. The Kier molecular flexibility index (Phi) is 2.49. The molecule has 4 heteroatoms. The molecule has 0 fully saturated rings. The maximum absolute atomic E-state index is 13.6. The molecule has 0 spiro atoms. The summed E-state index contributed by atoms with van der Waals surface area (Å²) in [5.74, 6) is 0.502. The summed E-state index contributed by atoms with van der Waals surface area (Å²) in [5, 5.41) is 6.50. The lowest BCUT2D eigenvalue weighted by molar-refractivity contribution is 0.598. The van der Waals surface area contributed by atoms with Gasteiger partial charge in [-0.3, -0.25) is 5.10 Å². The number of rotatable bonds is 2. The quantitative estimate of drug-likeness (QED) is 0.819. The Morgan fingerprint density at radius 2 is 2.13 bits per heavy atom. The lowest BCUT2D eigenvalue weighted by Gasteiger charge is -2.07. The number of nitrogens with one attached hydrogen (secondary N) is 1. The van der Waals surface area contributed by atoms with Gasteiger partial charge in [-0.25, -0.2) is 9.37 Å². The number of aromatic nitrogens is 3. The van der Waals surface area contributed by atoms with E-state index in [0.29, 0.717) is 17.0 Å². The van der Waals surface area contributed by atoms with E-state index in [1.54, 1.807) is 6.07 Å². The molecule has 1 aromatic carbocycles. The fourth-order valence-corrected chi connectivity index (χ4v) is 1.48. The van der Waals surface area contributed by atoms with E-state index in [-0.39, 0.29) is 11.7 Å². The van der Waals surface area contributed by atoms with Gasteiger partial charge in [0.05, 0.1) is 0 Å². The zero-order valence-electron chi connectivity index (χ0n) is 8.66. The van der Waals surface area contributed by atoms with Crippen LogP contribution in [0.4, 0.5) is 4.39 Å². The molecule has 0 aliphatic carbocycles. The van der Waals surface area contributed by atoms with Crippen molar-refractivity contribution < 1.29 is 4.39 Å². The number of nitrogens with zero attached hydrogens (tertiary/aromatic N) is 2. The summed E-state index contributed by atoms with van der Waals surface area (Å²) >= 11 is 0. The van der Waals surface area contributed by atoms with E-state index in [1.807, 2.05) is 19.9 Å². The van der Waals surface area contributed by atoms with Crippen molar-refractivity contribution in [1.82, 2.24) is 15.2 Å². The van der Waals surface area contributed by atoms with Gasteiger partial charge in [0.2, 0.25) is 0 Å². The van der Waals surface area contributed by atoms with E-state index in [0.717, 1.165) is 0 Å². The minimum absolute atomic E-state index is 0.186. The van der Waals surface area contributed by atoms with Gasteiger partial charge in [0.15, 0.2) is 5.82 Å². The molecule has 1 heterocycles. The molecule has 0 aliphatic rings. The Bertz CT molecular complexity index is 449. The molecule has 0 bridgehead atoms. The van der Waals surface area contributed by atoms with Crippen molar-refractivity contribution in [3.8, 4) is 11.4 Å². The number of H-pyrrole nitrogens is 1. The summed E-state index contributed by atoms with van der Waals surface area (Å²) in [6, 6.07) is 5.09. The van der Waals surface area contributed by atoms with E-state index in [4.69, 9.17) is 0 Å². The zero-order valence-corrected chi connectivity index (χ0v) is 8.66. The zero-order chi connectivity index (χ0) is 10.8. The number of hydrogen-bond acceptors (Lipinski definition) is 2. The van der Waals surface area contributed by atoms with Crippen LogP contribution >= 0.6 is 0 Å². The lowest BCUT2D eigenvalue weighted by Crippen LogP contribution is -1.93. The van der Waals surface area contributed by atoms with Crippen LogP contribution in [-0.4, -0.2) is 15.2 Å². The smallest absolute Gasteiger partial charge is 0.180 e. The first-order valence-corrected chi connectivity index (χ1v) is 4.84. The van der Waals surface area contributed by atoms with Gasteiger partial charge in [-0.15, -0.1) is 0 Å². The SMILES string of the molecule is CC(C)c1ccc(-c2nc[nH]n2)cc1F. The molecule has 3 nitrogen and oxygen atoms in total. The van der Waals surface area contributed by atoms with E-state index in [1.165, 1.54) is 12.4 Å². The second-order valence-electron chi connectivity index (χ2n) is 3.71. The molecule has 1 N–H and O–H groups in total. The normalized spacial score (nSPS) is 10.9. The minimum atomic E-state index is -0.202. The van der Waals surface area contributed by atoms with Crippen molar-refractivity contribution in [1.29, 1.82) is 0 Å². The van der Waals surface area contributed by atoms with Crippen LogP contribution in [-0.2, 0) is 0 Å². The summed E-state index contributed by atoms with van der Waals surface area (Å²) < 4.78 is 13.6. The van der Waals surface area contributed by atoms with E-state index in [9.17, 15) is 4.39 Å². The molecule has 0 radical (unpaired) electrons. The Morgan fingerprint density at radius 3 is 2.67 bits per heavy atom. The van der Waals surface area contributed by atoms with Crippen LogP contribution in [0.1, 0.15) is 25.3 Å². The highest BCUT2D eigenvalue weighted by Gasteiger charge is 2.09. The molecule has 78 valence electrons. The van der Waals surface area contributed by atoms with Crippen molar-refractivity contribution in [2.24, 2.45) is 0 Å². The van der Waals surface area contributed by atoms with Gasteiger partial charge < -0.3 is 0 Å². The molecule has 1 aromatic heterocycles. The molecule has 0 aliphatic heterocycles. The second kappa shape index (κ2) is 3.81. The maximum Gasteiger partial charge on any atom is 0.180 e. The summed E-state index contributed by atoms with van der Waals surface area (Å²) in [4.78, 5) is 3.97. The average Bonchev–Trinajstić information content (AvgIpc) is 2.69. The number of benzene rings is 1. The van der Waals surface area contributed by atoms with Gasteiger partial charge in [0.25, 0.3) is 0 Å². The molecule has 15 heavy (non-hydrogen) atoms. The standard InChI is InChI=1S/C11H12FN3/c1-7(2)9-4-3-8(5-10(9)12)11-13-6-14-15-11/h3-7H,1-2H3,(H,13,14,15). The highest BCUT2D eigenvalue weighted by atomic mass is 19.1. The van der Waals surface area contributed by atoms with Gasteiger partial charge >= 0.3 is 0 Å². The van der Waals surface area contributed by atoms with Crippen molar-refractivity contribution in [2.75, 3.05) is 0 Å². The van der Waals surface area contributed by atoms with Crippen LogP contribution in [0.15, 0.2) is 24.5 Å². The van der Waals surface area contributed by atoms with Gasteiger partial charge in [-0.05, 0) is 17.5 Å². The van der Waals surface area contributed by atoms with Gasteiger partial charge in [-0.2, -0.15) is 5.10 Å². The number of hydrogen-bond donors (Lipinski definition) is 1. The predicted octanol–water partition coefficient (Wildman–Crippen LogP) is 2.73. The van der Waals surface area contributed by atoms with Crippen molar-refractivity contribution in [3.05, 3.63) is 35.9 Å². The summed E-state index contributed by atoms with van der Waals surface area (Å²) in [6.45, 7) is 3.93. The molecule has 2 rings (SSSR count). The third kappa shape index (κ3) is 1.88. The van der Waals surface area contributed by atoms with Crippen LogP contribution in [0.5, 0.6) is 0 Å². The van der Waals surface area contributed by atoms with Crippen LogP contribution in [0, 0.1) is 5.82 Å². The fraction of sp³-hybridized carbons (Fsp3) is 0.273. The Balaban J connectivity index is 2.42. The molecular weight excluding hydrogens is 193 g/mol. The molecular formula is C11H12FN3. The monoisotopic (exact) mass is 205 g/mol. The lowest BCUT2D eigenvalue weighted by atomic mass is 10.0. The van der Waals surface area contributed by atoms with E-state index in [2.05, 4.69) is 15.2 Å². The summed E-state index contributed by atoms with van der Waals surface area (Å²) in [5.41, 5.74) is 1.41. The fourth-order valence-electron chi connectivity index (χ4n) is 1.48. The summed E-state index contributed by atoms with van der Waals surface area (Å²) in [7, 11) is 0. The van der Waals surface area contributed by atoms with Gasteiger partial charge in [0, 0.05) is 5.56 Å². The van der Waals surface area contributed by atoms with Crippen molar-refractivity contribution >= 4 is 0 Å². The van der Waals surface area contributed by atoms with Crippen LogP contribution < -0.4 is 0 Å². The van der Waals surface area contributed by atoms with E-state index < -0.39 is 0 Å². The van der Waals surface area contributed by atoms with Crippen molar-refractivity contribution in [3.63, 3.8) is 0 Å². The van der Waals surface area contributed by atoms with Crippen molar-refractivity contribution in [2.45, 2.75) is 19.8 Å². The first-order chi connectivity index (χ1) is 7.18. The average molecular weight is 205 g/mol. The molecule has 0 unspecified atom stereocenters. The maximum atomic E-state index is 13.6. The van der Waals surface area contributed by atoms with Gasteiger partial charge in [-0.1, -0.05) is 26.0 Å². The second-order valence-corrected chi connectivity index (χ2v) is 3.71.